The molecule has 1 aromatic heterocycles. The third-order valence-electron chi connectivity index (χ3n) is 2.81. The summed E-state index contributed by atoms with van der Waals surface area (Å²) in [5.74, 6) is -1.21. The molecule has 1 atom stereocenters. The number of aromatic nitrogens is 1. The van der Waals surface area contributed by atoms with E-state index in [-0.39, 0.29) is 17.6 Å². The molecule has 0 spiro atoms. The Morgan fingerprint density at radius 3 is 2.83 bits per heavy atom. The number of rotatable bonds is 4. The molecule has 0 aromatic carbocycles. The molecule has 1 aromatic rings. The Hall–Kier alpha value is -1.66. The van der Waals surface area contributed by atoms with Crippen LogP contribution in [0.2, 0.25) is 0 Å². The van der Waals surface area contributed by atoms with Crippen LogP contribution in [0.4, 0.5) is 0 Å². The van der Waals surface area contributed by atoms with Gasteiger partial charge >= 0.3 is 5.97 Å². The zero-order chi connectivity index (χ0) is 13.1. The van der Waals surface area contributed by atoms with Gasteiger partial charge in [-0.1, -0.05) is 0 Å². The number of hydrogen-bond acceptors (Lipinski definition) is 4. The molecule has 0 bridgehead atoms. The maximum atomic E-state index is 11.3. The number of hydrogen-bond donors (Lipinski definition) is 1. The molecule has 2 rings (SSSR count). The van der Waals surface area contributed by atoms with Crippen molar-refractivity contribution in [2.75, 3.05) is 19.8 Å². The van der Waals surface area contributed by atoms with Crippen molar-refractivity contribution in [1.82, 2.24) is 4.57 Å². The summed E-state index contributed by atoms with van der Waals surface area (Å²) < 4.78 is 12.2. The minimum atomic E-state index is -1.06. The van der Waals surface area contributed by atoms with Crippen molar-refractivity contribution in [3.63, 3.8) is 0 Å². The fraction of sp³-hybridized carbons (Fsp3) is 0.500. The van der Waals surface area contributed by atoms with Crippen LogP contribution in [0.5, 0.6) is 0 Å². The summed E-state index contributed by atoms with van der Waals surface area (Å²) in [5.41, 5.74) is 0.485. The largest absolute Gasteiger partial charge is 0.477 e. The predicted molar refractivity (Wildman–Crippen MR) is 62.0 cm³/mol. The van der Waals surface area contributed by atoms with Gasteiger partial charge in [0.05, 0.1) is 32.5 Å². The molecule has 0 radical (unpaired) electrons. The van der Waals surface area contributed by atoms with Gasteiger partial charge in [0.1, 0.15) is 5.69 Å². The highest BCUT2D eigenvalue weighted by molar-refractivity contribution is 5.97. The topological polar surface area (TPSA) is 77.8 Å². The Balaban J connectivity index is 2.19. The van der Waals surface area contributed by atoms with Gasteiger partial charge in [-0.05, 0) is 13.0 Å². The molecule has 0 saturated carbocycles. The molecule has 6 heteroatoms. The lowest BCUT2D eigenvalue weighted by Gasteiger charge is -2.23. The molecule has 1 saturated heterocycles. The number of Topliss-reactive ketones (excluding diaryl/α,β-unsaturated/α-hetero) is 1. The average Bonchev–Trinajstić information content (AvgIpc) is 2.74. The Morgan fingerprint density at radius 1 is 1.50 bits per heavy atom. The Bertz CT molecular complexity index is 459. The number of carboxylic acid groups (broad SMARTS) is 1. The number of nitrogens with zero attached hydrogens (tertiary/aromatic N) is 1. The quantitative estimate of drug-likeness (QED) is 0.803. The number of carbonyl (C=O) groups is 2. The zero-order valence-electron chi connectivity index (χ0n) is 10.1. The highest BCUT2D eigenvalue weighted by Crippen LogP contribution is 2.13. The predicted octanol–water partition coefficient (Wildman–Crippen LogP) is 0.804. The van der Waals surface area contributed by atoms with E-state index in [0.717, 1.165) is 0 Å². The van der Waals surface area contributed by atoms with E-state index >= 15 is 0 Å². The first-order valence-corrected chi connectivity index (χ1v) is 5.71. The van der Waals surface area contributed by atoms with Crippen LogP contribution >= 0.6 is 0 Å². The molecular weight excluding hydrogens is 238 g/mol. The van der Waals surface area contributed by atoms with Crippen LogP contribution in [0.25, 0.3) is 0 Å². The molecular formula is C12H15NO5. The monoisotopic (exact) mass is 253 g/mol. The van der Waals surface area contributed by atoms with Crippen LogP contribution in [0.1, 0.15) is 27.8 Å². The van der Waals surface area contributed by atoms with Crippen molar-refractivity contribution in [3.05, 3.63) is 23.5 Å². The van der Waals surface area contributed by atoms with Gasteiger partial charge in [0, 0.05) is 11.8 Å². The lowest BCUT2D eigenvalue weighted by atomic mass is 10.2. The molecule has 6 nitrogen and oxygen atoms in total. The number of ketones is 1. The number of carbonyl (C=O) groups excluding carboxylic acids is 1. The molecule has 1 aliphatic rings. The van der Waals surface area contributed by atoms with Crippen LogP contribution in [0.3, 0.4) is 0 Å². The molecule has 2 heterocycles. The third kappa shape index (κ3) is 2.77. The second-order valence-corrected chi connectivity index (χ2v) is 4.20. The van der Waals surface area contributed by atoms with Gasteiger partial charge in [-0.2, -0.15) is 0 Å². The summed E-state index contributed by atoms with van der Waals surface area (Å²) in [6, 6.07) is 1.38. The first-order chi connectivity index (χ1) is 8.58. The number of ether oxygens (including phenoxy) is 2. The van der Waals surface area contributed by atoms with E-state index in [1.807, 2.05) is 0 Å². The van der Waals surface area contributed by atoms with Crippen LogP contribution in [-0.2, 0) is 16.0 Å². The Kier molecular flexibility index (Phi) is 3.78. The summed E-state index contributed by atoms with van der Waals surface area (Å²) in [4.78, 5) is 22.4. The van der Waals surface area contributed by atoms with Crippen molar-refractivity contribution in [2.24, 2.45) is 0 Å². The fourth-order valence-electron chi connectivity index (χ4n) is 1.89. The lowest BCUT2D eigenvalue weighted by molar-refractivity contribution is -0.0937. The van der Waals surface area contributed by atoms with E-state index in [4.69, 9.17) is 14.6 Å². The van der Waals surface area contributed by atoms with Crippen LogP contribution in [0, 0.1) is 0 Å². The number of aromatic carboxylic acids is 1. The van der Waals surface area contributed by atoms with E-state index < -0.39 is 5.97 Å². The molecule has 0 aliphatic carbocycles. The van der Waals surface area contributed by atoms with E-state index in [1.54, 1.807) is 6.20 Å². The van der Waals surface area contributed by atoms with Crippen molar-refractivity contribution in [1.29, 1.82) is 0 Å². The second-order valence-electron chi connectivity index (χ2n) is 4.20. The van der Waals surface area contributed by atoms with Crippen molar-refractivity contribution >= 4 is 11.8 Å². The van der Waals surface area contributed by atoms with Crippen molar-refractivity contribution < 1.29 is 24.2 Å². The molecule has 18 heavy (non-hydrogen) atoms. The van der Waals surface area contributed by atoms with Gasteiger partial charge in [0.2, 0.25) is 0 Å². The fourth-order valence-corrected chi connectivity index (χ4v) is 1.89. The average molecular weight is 253 g/mol. The van der Waals surface area contributed by atoms with E-state index in [2.05, 4.69) is 0 Å². The molecule has 1 aliphatic heterocycles. The smallest absolute Gasteiger partial charge is 0.352 e. The highest BCUT2D eigenvalue weighted by atomic mass is 16.6. The van der Waals surface area contributed by atoms with Gasteiger partial charge in [-0.15, -0.1) is 0 Å². The van der Waals surface area contributed by atoms with Gasteiger partial charge in [-0.25, -0.2) is 4.79 Å². The Labute approximate surface area is 104 Å². The summed E-state index contributed by atoms with van der Waals surface area (Å²) in [5, 5.41) is 9.09. The van der Waals surface area contributed by atoms with Gasteiger partial charge in [-0.3, -0.25) is 4.79 Å². The summed E-state index contributed by atoms with van der Waals surface area (Å²) in [7, 11) is 0. The second kappa shape index (κ2) is 5.32. The third-order valence-corrected chi connectivity index (χ3v) is 2.81. The SMILES string of the molecule is CC(=O)c1cc(C(=O)O)n(CC2COCCO2)c1. The maximum Gasteiger partial charge on any atom is 0.352 e. The summed E-state index contributed by atoms with van der Waals surface area (Å²) >= 11 is 0. The molecule has 1 fully saturated rings. The minimum absolute atomic E-state index is 0.0920. The van der Waals surface area contributed by atoms with Crippen molar-refractivity contribution in [3.8, 4) is 0 Å². The van der Waals surface area contributed by atoms with Crippen LogP contribution in [-0.4, -0.2) is 47.4 Å². The van der Waals surface area contributed by atoms with Crippen LogP contribution in [0.15, 0.2) is 12.3 Å². The zero-order valence-corrected chi connectivity index (χ0v) is 10.1. The summed E-state index contributed by atoms with van der Waals surface area (Å²) in [6.07, 6.45) is 1.37. The van der Waals surface area contributed by atoms with E-state index in [0.29, 0.717) is 31.9 Å². The van der Waals surface area contributed by atoms with Crippen LogP contribution < -0.4 is 0 Å². The molecule has 1 N–H and O–H groups in total. The van der Waals surface area contributed by atoms with E-state index in [1.165, 1.54) is 17.6 Å². The van der Waals surface area contributed by atoms with E-state index in [9.17, 15) is 9.59 Å². The lowest BCUT2D eigenvalue weighted by Crippen LogP contribution is -2.32. The first kappa shape index (κ1) is 12.8. The van der Waals surface area contributed by atoms with Gasteiger partial charge in [0.25, 0.3) is 0 Å². The van der Waals surface area contributed by atoms with Gasteiger partial charge < -0.3 is 19.1 Å². The van der Waals surface area contributed by atoms with Crippen molar-refractivity contribution in [2.45, 2.75) is 19.6 Å². The maximum absolute atomic E-state index is 11.3. The Morgan fingerprint density at radius 2 is 2.28 bits per heavy atom. The minimum Gasteiger partial charge on any atom is -0.477 e. The standard InChI is InChI=1S/C12H15NO5/c1-8(14)9-4-11(12(15)16)13(5-9)6-10-7-17-2-3-18-10/h4-5,10H,2-3,6-7H2,1H3,(H,15,16). The molecule has 1 unspecified atom stereocenters. The summed E-state index contributed by atoms with van der Waals surface area (Å²) in [6.45, 7) is 3.29. The number of carboxylic acids is 1. The normalized spacial score (nSPS) is 19.7. The first-order valence-electron chi connectivity index (χ1n) is 5.71. The highest BCUT2D eigenvalue weighted by Gasteiger charge is 2.20. The molecule has 0 amide bonds. The molecule has 98 valence electrons. The van der Waals surface area contributed by atoms with Gasteiger partial charge in [0.15, 0.2) is 5.78 Å².